The molecule has 3 rings (SSSR count). The second-order valence-corrected chi connectivity index (χ2v) is 4.65. The second-order valence-electron chi connectivity index (χ2n) is 4.65. The lowest BCUT2D eigenvalue weighted by Crippen LogP contribution is -1.98. The summed E-state index contributed by atoms with van der Waals surface area (Å²) in [5.41, 5.74) is 9.81. The molecule has 0 aliphatic carbocycles. The first-order valence-electron chi connectivity index (χ1n) is 6.10. The summed E-state index contributed by atoms with van der Waals surface area (Å²) >= 11 is 0. The van der Waals surface area contributed by atoms with E-state index < -0.39 is 0 Å². The number of nitrogens with two attached hydrogens (primary N) is 1. The molecule has 0 atom stereocenters. The molecular weight excluding hydrogens is 236 g/mol. The van der Waals surface area contributed by atoms with Crippen LogP contribution in [0.2, 0.25) is 0 Å². The minimum atomic E-state index is 0.442. The molecule has 0 aliphatic heterocycles. The van der Waals surface area contributed by atoms with Crippen molar-refractivity contribution in [1.29, 1.82) is 0 Å². The fourth-order valence-corrected chi connectivity index (χ4v) is 2.09. The molecule has 0 fully saturated rings. The summed E-state index contributed by atoms with van der Waals surface area (Å²) in [5.74, 6) is 1.12. The van der Waals surface area contributed by atoms with E-state index in [9.17, 15) is 0 Å². The molecule has 0 amide bonds. The lowest BCUT2D eigenvalue weighted by Gasteiger charge is -2.06. The molecule has 0 bridgehead atoms. The first-order chi connectivity index (χ1) is 9.15. The van der Waals surface area contributed by atoms with E-state index in [0.717, 1.165) is 16.5 Å². The Morgan fingerprint density at radius 1 is 1.05 bits per heavy atom. The van der Waals surface area contributed by atoms with Crippen LogP contribution < -0.4 is 5.73 Å². The van der Waals surface area contributed by atoms with Crippen molar-refractivity contribution >= 4 is 16.7 Å². The molecule has 0 radical (unpaired) electrons. The Labute approximate surface area is 111 Å². The normalized spacial score (nSPS) is 10.8. The SMILES string of the molecule is Cc1cccc(-c2ncc3c(C)cnc(N)c3n2)c1. The molecule has 0 aliphatic rings. The average molecular weight is 250 g/mol. The van der Waals surface area contributed by atoms with Crippen LogP contribution in [0.25, 0.3) is 22.3 Å². The molecule has 4 nitrogen and oxygen atoms in total. The molecule has 4 heteroatoms. The number of anilines is 1. The Morgan fingerprint density at radius 3 is 2.68 bits per heavy atom. The van der Waals surface area contributed by atoms with Gasteiger partial charge >= 0.3 is 0 Å². The first kappa shape index (κ1) is 11.6. The minimum absolute atomic E-state index is 0.442. The van der Waals surface area contributed by atoms with Crippen molar-refractivity contribution in [2.45, 2.75) is 13.8 Å². The molecule has 94 valence electrons. The van der Waals surface area contributed by atoms with Gasteiger partial charge in [-0.1, -0.05) is 23.8 Å². The van der Waals surface area contributed by atoms with Crippen molar-refractivity contribution in [3.05, 3.63) is 47.8 Å². The lowest BCUT2D eigenvalue weighted by atomic mass is 10.1. The molecule has 0 unspecified atom stereocenters. The fourth-order valence-electron chi connectivity index (χ4n) is 2.09. The van der Waals surface area contributed by atoms with E-state index >= 15 is 0 Å². The Morgan fingerprint density at radius 2 is 1.89 bits per heavy atom. The van der Waals surface area contributed by atoms with Gasteiger partial charge in [-0.2, -0.15) is 0 Å². The van der Waals surface area contributed by atoms with Crippen molar-refractivity contribution in [2.75, 3.05) is 5.73 Å². The number of aryl methyl sites for hydroxylation is 2. The highest BCUT2D eigenvalue weighted by atomic mass is 14.9. The summed E-state index contributed by atoms with van der Waals surface area (Å²) in [6, 6.07) is 8.09. The van der Waals surface area contributed by atoms with E-state index in [1.54, 1.807) is 6.20 Å². The number of aromatic nitrogens is 3. The zero-order valence-corrected chi connectivity index (χ0v) is 10.9. The van der Waals surface area contributed by atoms with Gasteiger partial charge in [0.2, 0.25) is 0 Å². The van der Waals surface area contributed by atoms with Gasteiger partial charge in [0, 0.05) is 23.3 Å². The van der Waals surface area contributed by atoms with Crippen LogP contribution in [-0.2, 0) is 0 Å². The molecule has 19 heavy (non-hydrogen) atoms. The van der Waals surface area contributed by atoms with E-state index in [1.165, 1.54) is 5.56 Å². The maximum atomic E-state index is 5.90. The number of nitrogens with zero attached hydrogens (tertiary/aromatic N) is 3. The molecule has 0 saturated heterocycles. The van der Waals surface area contributed by atoms with Crippen molar-refractivity contribution in [3.8, 4) is 11.4 Å². The fraction of sp³-hybridized carbons (Fsp3) is 0.133. The molecule has 0 spiro atoms. The predicted molar refractivity (Wildman–Crippen MR) is 76.7 cm³/mol. The van der Waals surface area contributed by atoms with Crippen molar-refractivity contribution in [2.24, 2.45) is 0 Å². The summed E-state index contributed by atoms with van der Waals surface area (Å²) in [6.45, 7) is 4.02. The second kappa shape index (κ2) is 4.31. The molecule has 1 aromatic carbocycles. The third-order valence-corrected chi connectivity index (χ3v) is 3.13. The standard InChI is InChI=1S/C15H14N4/c1-9-4-3-5-11(6-9)15-18-8-12-10(2)7-17-14(16)13(12)19-15/h3-8H,1-2H3,(H2,16,17). The predicted octanol–water partition coefficient (Wildman–Crippen LogP) is 2.89. The molecular formula is C15H14N4. The van der Waals surface area contributed by atoms with Gasteiger partial charge in [-0.3, -0.25) is 0 Å². The largest absolute Gasteiger partial charge is 0.382 e. The molecule has 2 heterocycles. The van der Waals surface area contributed by atoms with Gasteiger partial charge in [0.05, 0.1) is 0 Å². The first-order valence-corrected chi connectivity index (χ1v) is 6.10. The third-order valence-electron chi connectivity index (χ3n) is 3.13. The Balaban J connectivity index is 2.25. The highest BCUT2D eigenvalue weighted by Crippen LogP contribution is 2.23. The van der Waals surface area contributed by atoms with Crippen LogP contribution in [0.5, 0.6) is 0 Å². The number of pyridine rings is 1. The number of benzene rings is 1. The summed E-state index contributed by atoms with van der Waals surface area (Å²) in [7, 11) is 0. The van der Waals surface area contributed by atoms with E-state index in [0.29, 0.717) is 17.2 Å². The topological polar surface area (TPSA) is 64.7 Å². The Bertz CT molecular complexity index is 765. The van der Waals surface area contributed by atoms with Crippen LogP contribution in [0.1, 0.15) is 11.1 Å². The highest BCUT2D eigenvalue weighted by molar-refractivity contribution is 5.89. The van der Waals surface area contributed by atoms with Gasteiger partial charge in [0.1, 0.15) is 11.3 Å². The highest BCUT2D eigenvalue weighted by Gasteiger charge is 2.08. The zero-order valence-electron chi connectivity index (χ0n) is 10.9. The molecule has 0 saturated carbocycles. The molecule has 3 aromatic rings. The van der Waals surface area contributed by atoms with Gasteiger partial charge in [-0.05, 0) is 25.5 Å². The maximum absolute atomic E-state index is 5.90. The van der Waals surface area contributed by atoms with E-state index in [1.807, 2.05) is 38.2 Å². The van der Waals surface area contributed by atoms with Gasteiger partial charge in [0.15, 0.2) is 5.82 Å². The zero-order chi connectivity index (χ0) is 13.4. The van der Waals surface area contributed by atoms with Crippen LogP contribution in [0.4, 0.5) is 5.82 Å². The van der Waals surface area contributed by atoms with Crippen LogP contribution in [0, 0.1) is 13.8 Å². The Kier molecular flexibility index (Phi) is 2.63. The van der Waals surface area contributed by atoms with Gasteiger partial charge in [0.25, 0.3) is 0 Å². The molecule has 2 N–H and O–H groups in total. The summed E-state index contributed by atoms with van der Waals surface area (Å²) < 4.78 is 0. The number of nitrogen functional groups attached to an aromatic ring is 1. The third kappa shape index (κ3) is 2.01. The van der Waals surface area contributed by atoms with Crippen molar-refractivity contribution < 1.29 is 0 Å². The maximum Gasteiger partial charge on any atom is 0.159 e. The van der Waals surface area contributed by atoms with Crippen LogP contribution >= 0.6 is 0 Å². The average Bonchev–Trinajstić information content (AvgIpc) is 2.43. The van der Waals surface area contributed by atoms with Crippen LogP contribution in [0.15, 0.2) is 36.7 Å². The van der Waals surface area contributed by atoms with Crippen molar-refractivity contribution in [1.82, 2.24) is 15.0 Å². The van der Waals surface area contributed by atoms with E-state index in [4.69, 9.17) is 5.73 Å². The van der Waals surface area contributed by atoms with E-state index in [2.05, 4.69) is 21.0 Å². The number of rotatable bonds is 1. The summed E-state index contributed by atoms with van der Waals surface area (Å²) in [6.07, 6.45) is 3.56. The minimum Gasteiger partial charge on any atom is -0.382 e. The molecule has 2 aromatic heterocycles. The number of hydrogen-bond donors (Lipinski definition) is 1. The van der Waals surface area contributed by atoms with Crippen LogP contribution in [-0.4, -0.2) is 15.0 Å². The summed E-state index contributed by atoms with van der Waals surface area (Å²) in [5, 5.41) is 0.948. The number of hydrogen-bond acceptors (Lipinski definition) is 4. The summed E-state index contributed by atoms with van der Waals surface area (Å²) in [4.78, 5) is 13.1. The van der Waals surface area contributed by atoms with Gasteiger partial charge < -0.3 is 5.73 Å². The quantitative estimate of drug-likeness (QED) is 0.721. The van der Waals surface area contributed by atoms with E-state index in [-0.39, 0.29) is 0 Å². The van der Waals surface area contributed by atoms with Gasteiger partial charge in [-0.25, -0.2) is 15.0 Å². The number of fused-ring (bicyclic) bond motifs is 1. The van der Waals surface area contributed by atoms with Crippen LogP contribution in [0.3, 0.4) is 0 Å². The Hall–Kier alpha value is -2.49. The van der Waals surface area contributed by atoms with Crippen molar-refractivity contribution in [3.63, 3.8) is 0 Å². The smallest absolute Gasteiger partial charge is 0.159 e. The monoisotopic (exact) mass is 250 g/mol. The van der Waals surface area contributed by atoms with Gasteiger partial charge in [-0.15, -0.1) is 0 Å². The lowest BCUT2D eigenvalue weighted by molar-refractivity contribution is 1.20.